The van der Waals surface area contributed by atoms with Crippen LogP contribution in [-0.2, 0) is 14.8 Å². The summed E-state index contributed by atoms with van der Waals surface area (Å²) < 4.78 is 31.6. The van der Waals surface area contributed by atoms with E-state index in [9.17, 15) is 13.2 Å². The van der Waals surface area contributed by atoms with E-state index in [1.54, 1.807) is 24.3 Å². The Hall–Kier alpha value is -1.41. The molecule has 0 N–H and O–H groups in total. The average Bonchev–Trinajstić information content (AvgIpc) is 2.50. The highest BCUT2D eigenvalue weighted by molar-refractivity contribution is 9.10. The summed E-state index contributed by atoms with van der Waals surface area (Å²) in [6, 6.07) is 12.4. The maximum Gasteiger partial charge on any atom is 0.326 e. The van der Waals surface area contributed by atoms with Crippen molar-refractivity contribution in [3.8, 4) is 5.75 Å². The van der Waals surface area contributed by atoms with Gasteiger partial charge in [0.25, 0.3) is 0 Å². The molecule has 0 aliphatic carbocycles. The summed E-state index contributed by atoms with van der Waals surface area (Å²) in [5, 5.41) is 0.432. The molecule has 8 heteroatoms. The second-order valence-corrected chi connectivity index (χ2v) is 8.04. The molecule has 2 rings (SSSR count). The standard InChI is InChI=1S/C15H13BrClNO4S/c1-18(23(20,21)14-8-4-12(17)5-9-14)10-15(19)22-13-6-2-11(16)3-7-13/h2-9H,10H2,1H3. The molecule has 0 radical (unpaired) electrons. The van der Waals surface area contributed by atoms with E-state index in [-0.39, 0.29) is 4.90 Å². The summed E-state index contributed by atoms with van der Waals surface area (Å²) in [7, 11) is -2.47. The van der Waals surface area contributed by atoms with Crippen LogP contribution in [0.1, 0.15) is 0 Å². The van der Waals surface area contributed by atoms with Gasteiger partial charge in [0.2, 0.25) is 10.0 Å². The Bertz CT molecular complexity index is 791. The number of hydrogen-bond donors (Lipinski definition) is 0. The monoisotopic (exact) mass is 417 g/mol. The van der Waals surface area contributed by atoms with E-state index >= 15 is 0 Å². The molecule has 0 heterocycles. The van der Waals surface area contributed by atoms with Crippen LogP contribution in [0, 0.1) is 0 Å². The molecule has 0 aliphatic rings. The highest BCUT2D eigenvalue weighted by Crippen LogP contribution is 2.19. The molecule has 5 nitrogen and oxygen atoms in total. The zero-order valence-electron chi connectivity index (χ0n) is 12.1. The fourth-order valence-electron chi connectivity index (χ4n) is 1.72. The molecule has 0 saturated carbocycles. The first-order valence-electron chi connectivity index (χ1n) is 6.47. The van der Waals surface area contributed by atoms with Crippen LogP contribution in [0.3, 0.4) is 0 Å². The summed E-state index contributed by atoms with van der Waals surface area (Å²) >= 11 is 9.01. The third kappa shape index (κ3) is 4.78. The molecule has 0 aromatic heterocycles. The van der Waals surface area contributed by atoms with Gasteiger partial charge in [0.15, 0.2) is 0 Å². The summed E-state index contributed by atoms with van der Waals surface area (Å²) in [6.07, 6.45) is 0. The number of likely N-dealkylation sites (N-methyl/N-ethyl adjacent to an activating group) is 1. The molecule has 0 atom stereocenters. The summed E-state index contributed by atoms with van der Waals surface area (Å²) in [5.41, 5.74) is 0. The van der Waals surface area contributed by atoms with Gasteiger partial charge in [-0.3, -0.25) is 4.79 Å². The van der Waals surface area contributed by atoms with Crippen molar-refractivity contribution in [1.82, 2.24) is 4.31 Å². The number of benzene rings is 2. The number of carbonyl (C=O) groups excluding carboxylic acids is 1. The van der Waals surface area contributed by atoms with Crippen LogP contribution in [-0.4, -0.2) is 32.3 Å². The molecule has 0 spiro atoms. The first-order chi connectivity index (χ1) is 10.8. The Morgan fingerprint density at radius 3 is 2.26 bits per heavy atom. The van der Waals surface area contributed by atoms with Crippen molar-refractivity contribution in [3.63, 3.8) is 0 Å². The molecule has 0 unspecified atom stereocenters. The minimum absolute atomic E-state index is 0.0563. The van der Waals surface area contributed by atoms with Gasteiger partial charge in [0.1, 0.15) is 12.3 Å². The second-order valence-electron chi connectivity index (χ2n) is 4.64. The van der Waals surface area contributed by atoms with Crippen molar-refractivity contribution in [1.29, 1.82) is 0 Å². The van der Waals surface area contributed by atoms with E-state index < -0.39 is 22.5 Å². The zero-order valence-corrected chi connectivity index (χ0v) is 15.2. The Balaban J connectivity index is 2.05. The summed E-state index contributed by atoms with van der Waals surface area (Å²) in [6.45, 7) is -0.402. The van der Waals surface area contributed by atoms with Crippen LogP contribution >= 0.6 is 27.5 Å². The van der Waals surface area contributed by atoms with Crippen LogP contribution in [0.4, 0.5) is 0 Å². The minimum Gasteiger partial charge on any atom is -0.426 e. The molecular formula is C15H13BrClNO4S. The van der Waals surface area contributed by atoms with Gasteiger partial charge in [-0.25, -0.2) is 8.42 Å². The number of halogens is 2. The molecule has 0 saturated heterocycles. The van der Waals surface area contributed by atoms with Crippen molar-refractivity contribution >= 4 is 43.5 Å². The number of carbonyl (C=O) groups is 1. The molecule has 2 aromatic rings. The van der Waals surface area contributed by atoms with Crippen molar-refractivity contribution in [3.05, 3.63) is 58.0 Å². The molecule has 0 bridgehead atoms. The summed E-state index contributed by atoms with van der Waals surface area (Å²) in [5.74, 6) is -0.331. The van der Waals surface area contributed by atoms with Gasteiger partial charge in [0, 0.05) is 16.5 Å². The van der Waals surface area contributed by atoms with E-state index in [2.05, 4.69) is 15.9 Å². The third-order valence-electron chi connectivity index (χ3n) is 2.92. The SMILES string of the molecule is CN(CC(=O)Oc1ccc(Br)cc1)S(=O)(=O)c1ccc(Cl)cc1. The van der Waals surface area contributed by atoms with Crippen LogP contribution in [0.5, 0.6) is 5.75 Å². The van der Waals surface area contributed by atoms with Gasteiger partial charge in [-0.05, 0) is 48.5 Å². The maximum atomic E-state index is 12.3. The highest BCUT2D eigenvalue weighted by atomic mass is 79.9. The quantitative estimate of drug-likeness (QED) is 0.552. The van der Waals surface area contributed by atoms with Crippen molar-refractivity contribution < 1.29 is 17.9 Å². The smallest absolute Gasteiger partial charge is 0.326 e. The van der Waals surface area contributed by atoms with Gasteiger partial charge < -0.3 is 4.74 Å². The molecule has 23 heavy (non-hydrogen) atoms. The van der Waals surface area contributed by atoms with Crippen molar-refractivity contribution in [2.24, 2.45) is 0 Å². The van der Waals surface area contributed by atoms with Crippen molar-refractivity contribution in [2.75, 3.05) is 13.6 Å². The van der Waals surface area contributed by atoms with Crippen LogP contribution < -0.4 is 4.74 Å². The lowest BCUT2D eigenvalue weighted by Gasteiger charge is -2.16. The summed E-state index contributed by atoms with van der Waals surface area (Å²) in [4.78, 5) is 11.9. The van der Waals surface area contributed by atoms with E-state index in [1.165, 1.54) is 31.3 Å². The first kappa shape index (κ1) is 17.9. The molecule has 2 aromatic carbocycles. The Morgan fingerprint density at radius 2 is 1.70 bits per heavy atom. The average molecular weight is 419 g/mol. The van der Waals surface area contributed by atoms with E-state index in [0.29, 0.717) is 10.8 Å². The molecule has 0 amide bonds. The third-order valence-corrected chi connectivity index (χ3v) is 5.52. The number of esters is 1. The number of nitrogens with zero attached hydrogens (tertiary/aromatic N) is 1. The Labute approximate surface area is 148 Å². The lowest BCUT2D eigenvalue weighted by atomic mass is 10.3. The predicted molar refractivity (Wildman–Crippen MR) is 91.0 cm³/mol. The first-order valence-corrected chi connectivity index (χ1v) is 9.08. The fourth-order valence-corrected chi connectivity index (χ4v) is 3.23. The van der Waals surface area contributed by atoms with Gasteiger partial charge in [0.05, 0.1) is 4.90 Å². The number of rotatable bonds is 5. The molecular weight excluding hydrogens is 406 g/mol. The van der Waals surface area contributed by atoms with Crippen LogP contribution in [0.2, 0.25) is 5.02 Å². The van der Waals surface area contributed by atoms with Gasteiger partial charge in [-0.15, -0.1) is 0 Å². The molecule has 0 fully saturated rings. The predicted octanol–water partition coefficient (Wildman–Crippen LogP) is 3.33. The van der Waals surface area contributed by atoms with Gasteiger partial charge >= 0.3 is 5.97 Å². The largest absolute Gasteiger partial charge is 0.426 e. The van der Waals surface area contributed by atoms with E-state index in [0.717, 1.165) is 8.78 Å². The number of sulfonamides is 1. The van der Waals surface area contributed by atoms with Gasteiger partial charge in [-0.2, -0.15) is 4.31 Å². The number of hydrogen-bond acceptors (Lipinski definition) is 4. The lowest BCUT2D eigenvalue weighted by Crippen LogP contribution is -2.34. The molecule has 122 valence electrons. The minimum atomic E-state index is -3.78. The maximum absolute atomic E-state index is 12.3. The van der Waals surface area contributed by atoms with Crippen LogP contribution in [0.25, 0.3) is 0 Å². The van der Waals surface area contributed by atoms with Crippen LogP contribution in [0.15, 0.2) is 57.9 Å². The Morgan fingerprint density at radius 1 is 1.13 bits per heavy atom. The topological polar surface area (TPSA) is 63.7 Å². The normalized spacial score (nSPS) is 11.5. The van der Waals surface area contributed by atoms with E-state index in [4.69, 9.17) is 16.3 Å². The van der Waals surface area contributed by atoms with Crippen molar-refractivity contribution in [2.45, 2.75) is 4.90 Å². The highest BCUT2D eigenvalue weighted by Gasteiger charge is 2.23. The van der Waals surface area contributed by atoms with E-state index in [1.807, 2.05) is 0 Å². The number of ether oxygens (including phenoxy) is 1. The fraction of sp³-hybridized carbons (Fsp3) is 0.133. The Kier molecular flexibility index (Phi) is 5.80. The van der Waals surface area contributed by atoms with Gasteiger partial charge in [-0.1, -0.05) is 27.5 Å². The second kappa shape index (κ2) is 7.44. The molecule has 0 aliphatic heterocycles. The zero-order chi connectivity index (χ0) is 17.0. The lowest BCUT2D eigenvalue weighted by molar-refractivity contribution is -0.134.